The molecule has 9 heteroatoms. The smallest absolute Gasteiger partial charge is 0.326 e. The molecule has 2 N–H and O–H groups in total. The van der Waals surface area contributed by atoms with Crippen molar-refractivity contribution >= 4 is 23.8 Å². The standard InChI is InChI=1S/C14H21NO8/c1-7(9(13(19)21-2)14(20)22-3)10(12(17)18)15-11(16)8-4-5-23-6-8/h7-10H,4-6H2,1-3H3,(H,15,16)(H,17,18)/t7-,8+,10-/m1/s1. The second kappa shape index (κ2) is 8.47. The molecule has 1 aliphatic heterocycles. The molecule has 0 spiro atoms. The van der Waals surface area contributed by atoms with Crippen LogP contribution in [0, 0.1) is 17.8 Å². The summed E-state index contributed by atoms with van der Waals surface area (Å²) in [6.07, 6.45) is 0.490. The second-order valence-electron chi connectivity index (χ2n) is 5.27. The average Bonchev–Trinajstić information content (AvgIpc) is 3.05. The Bertz CT molecular complexity index is 455. The van der Waals surface area contributed by atoms with Crippen LogP contribution in [0.5, 0.6) is 0 Å². The van der Waals surface area contributed by atoms with E-state index in [-0.39, 0.29) is 6.61 Å². The molecule has 23 heavy (non-hydrogen) atoms. The molecule has 0 aliphatic carbocycles. The first-order valence-corrected chi connectivity index (χ1v) is 7.10. The van der Waals surface area contributed by atoms with Gasteiger partial charge in [0.1, 0.15) is 6.04 Å². The Labute approximate surface area is 133 Å². The molecular formula is C14H21NO8. The third-order valence-electron chi connectivity index (χ3n) is 3.83. The lowest BCUT2D eigenvalue weighted by Crippen LogP contribution is -2.51. The molecule has 0 saturated carbocycles. The van der Waals surface area contributed by atoms with E-state index in [1.165, 1.54) is 6.92 Å². The van der Waals surface area contributed by atoms with E-state index in [1.54, 1.807) is 0 Å². The summed E-state index contributed by atoms with van der Waals surface area (Å²) in [5.74, 6) is -6.65. The number of aliphatic carboxylic acids is 1. The highest BCUT2D eigenvalue weighted by Crippen LogP contribution is 2.21. The lowest BCUT2D eigenvalue weighted by atomic mass is 9.87. The predicted molar refractivity (Wildman–Crippen MR) is 75.2 cm³/mol. The molecule has 1 amide bonds. The topological polar surface area (TPSA) is 128 Å². The fraction of sp³-hybridized carbons (Fsp3) is 0.714. The van der Waals surface area contributed by atoms with Gasteiger partial charge in [0, 0.05) is 12.5 Å². The molecule has 1 rings (SSSR count). The number of rotatable bonds is 7. The lowest BCUT2D eigenvalue weighted by molar-refractivity contribution is -0.163. The molecule has 3 atom stereocenters. The third kappa shape index (κ3) is 4.65. The molecule has 1 fully saturated rings. The zero-order chi connectivity index (χ0) is 17.6. The summed E-state index contributed by atoms with van der Waals surface area (Å²) in [6, 6.07) is -1.44. The number of ether oxygens (including phenoxy) is 3. The number of methoxy groups -OCH3 is 2. The summed E-state index contributed by atoms with van der Waals surface area (Å²) in [5.41, 5.74) is 0. The van der Waals surface area contributed by atoms with Gasteiger partial charge in [-0.1, -0.05) is 6.92 Å². The van der Waals surface area contributed by atoms with Gasteiger partial charge in [0.05, 0.1) is 26.7 Å². The fourth-order valence-corrected chi connectivity index (χ4v) is 2.40. The quantitative estimate of drug-likeness (QED) is 0.458. The van der Waals surface area contributed by atoms with E-state index in [2.05, 4.69) is 14.8 Å². The van der Waals surface area contributed by atoms with E-state index in [0.29, 0.717) is 13.0 Å². The van der Waals surface area contributed by atoms with Gasteiger partial charge < -0.3 is 24.6 Å². The first-order valence-electron chi connectivity index (χ1n) is 7.10. The van der Waals surface area contributed by atoms with Crippen molar-refractivity contribution in [2.45, 2.75) is 19.4 Å². The molecule has 1 heterocycles. The van der Waals surface area contributed by atoms with Gasteiger partial charge in [0.15, 0.2) is 5.92 Å². The molecule has 1 aliphatic rings. The highest BCUT2D eigenvalue weighted by atomic mass is 16.5. The van der Waals surface area contributed by atoms with Gasteiger partial charge in [-0.2, -0.15) is 0 Å². The van der Waals surface area contributed by atoms with Crippen LogP contribution in [0.15, 0.2) is 0 Å². The van der Waals surface area contributed by atoms with Crippen LogP contribution in [0.25, 0.3) is 0 Å². The highest BCUT2D eigenvalue weighted by molar-refractivity contribution is 5.96. The van der Waals surface area contributed by atoms with Crippen LogP contribution < -0.4 is 5.32 Å². The van der Waals surface area contributed by atoms with Crippen molar-refractivity contribution in [3.63, 3.8) is 0 Å². The molecule has 0 unspecified atom stereocenters. The van der Waals surface area contributed by atoms with Crippen LogP contribution in [-0.2, 0) is 33.4 Å². The van der Waals surface area contributed by atoms with Gasteiger partial charge in [-0.3, -0.25) is 14.4 Å². The summed E-state index contributed by atoms with van der Waals surface area (Å²) < 4.78 is 14.1. The number of carboxylic acids is 1. The van der Waals surface area contributed by atoms with E-state index in [4.69, 9.17) is 4.74 Å². The maximum atomic E-state index is 12.1. The summed E-state index contributed by atoms with van der Waals surface area (Å²) in [7, 11) is 2.16. The third-order valence-corrected chi connectivity index (χ3v) is 3.83. The minimum Gasteiger partial charge on any atom is -0.480 e. The molecule has 1 saturated heterocycles. The van der Waals surface area contributed by atoms with Gasteiger partial charge in [-0.05, 0) is 6.42 Å². The Morgan fingerprint density at radius 1 is 1.17 bits per heavy atom. The maximum Gasteiger partial charge on any atom is 0.326 e. The van der Waals surface area contributed by atoms with Crippen molar-refractivity contribution in [1.29, 1.82) is 0 Å². The van der Waals surface area contributed by atoms with Crippen LogP contribution in [-0.4, -0.2) is 62.4 Å². The van der Waals surface area contributed by atoms with E-state index >= 15 is 0 Å². The van der Waals surface area contributed by atoms with Crippen molar-refractivity contribution in [1.82, 2.24) is 5.32 Å². The number of nitrogens with one attached hydrogen (secondary N) is 1. The summed E-state index contributed by atoms with van der Waals surface area (Å²) in [5, 5.41) is 11.7. The minimum atomic E-state index is -1.45. The summed E-state index contributed by atoms with van der Waals surface area (Å²) >= 11 is 0. The van der Waals surface area contributed by atoms with E-state index < -0.39 is 47.6 Å². The summed E-state index contributed by atoms with van der Waals surface area (Å²) in [4.78, 5) is 47.1. The molecule has 9 nitrogen and oxygen atoms in total. The average molecular weight is 331 g/mol. The Hall–Kier alpha value is -2.16. The number of esters is 2. The SMILES string of the molecule is COC(=O)C(C(=O)OC)[C@@H](C)[C@@H](NC(=O)[C@H]1CCOC1)C(=O)O. The van der Waals surface area contributed by atoms with Gasteiger partial charge in [0.2, 0.25) is 5.91 Å². The monoisotopic (exact) mass is 331 g/mol. The van der Waals surface area contributed by atoms with Crippen molar-refractivity contribution < 1.29 is 38.5 Å². The minimum absolute atomic E-state index is 0.212. The number of hydrogen-bond donors (Lipinski definition) is 2. The Kier molecular flexibility index (Phi) is 6.95. The van der Waals surface area contributed by atoms with Crippen LogP contribution in [0.3, 0.4) is 0 Å². The molecular weight excluding hydrogens is 310 g/mol. The first-order chi connectivity index (χ1) is 10.8. The number of carboxylic acid groups (broad SMARTS) is 1. The van der Waals surface area contributed by atoms with Crippen molar-refractivity contribution in [2.24, 2.45) is 17.8 Å². The molecule has 130 valence electrons. The van der Waals surface area contributed by atoms with Gasteiger partial charge in [-0.25, -0.2) is 4.79 Å². The van der Waals surface area contributed by atoms with Crippen molar-refractivity contribution in [3.8, 4) is 0 Å². The first kappa shape index (κ1) is 18.9. The Morgan fingerprint density at radius 3 is 2.13 bits per heavy atom. The van der Waals surface area contributed by atoms with Crippen LogP contribution in [0.1, 0.15) is 13.3 Å². The van der Waals surface area contributed by atoms with Crippen molar-refractivity contribution in [3.05, 3.63) is 0 Å². The van der Waals surface area contributed by atoms with E-state index in [1.807, 2.05) is 0 Å². The Balaban J connectivity index is 2.92. The van der Waals surface area contributed by atoms with Crippen LogP contribution in [0.2, 0.25) is 0 Å². The van der Waals surface area contributed by atoms with Gasteiger partial charge in [-0.15, -0.1) is 0 Å². The predicted octanol–water partition coefficient (Wildman–Crippen LogP) is -0.809. The zero-order valence-electron chi connectivity index (χ0n) is 13.2. The van der Waals surface area contributed by atoms with E-state index in [9.17, 15) is 24.3 Å². The number of carbonyl (C=O) groups is 4. The van der Waals surface area contributed by atoms with Gasteiger partial charge >= 0.3 is 17.9 Å². The molecule has 0 aromatic rings. The Morgan fingerprint density at radius 2 is 1.74 bits per heavy atom. The number of amides is 1. The highest BCUT2D eigenvalue weighted by Gasteiger charge is 2.42. The zero-order valence-corrected chi connectivity index (χ0v) is 13.2. The van der Waals surface area contributed by atoms with Crippen molar-refractivity contribution in [2.75, 3.05) is 27.4 Å². The maximum absolute atomic E-state index is 12.1. The normalized spacial score (nSPS) is 19.7. The largest absolute Gasteiger partial charge is 0.480 e. The second-order valence-corrected chi connectivity index (χ2v) is 5.27. The van der Waals surface area contributed by atoms with Gasteiger partial charge in [0.25, 0.3) is 0 Å². The lowest BCUT2D eigenvalue weighted by Gasteiger charge is -2.26. The van der Waals surface area contributed by atoms with E-state index in [0.717, 1.165) is 14.2 Å². The molecule has 0 aromatic carbocycles. The fourth-order valence-electron chi connectivity index (χ4n) is 2.40. The van der Waals surface area contributed by atoms with Crippen LogP contribution >= 0.6 is 0 Å². The number of hydrogen-bond acceptors (Lipinski definition) is 7. The molecule has 0 aromatic heterocycles. The number of carbonyl (C=O) groups excluding carboxylic acids is 3. The summed E-state index contributed by atoms with van der Waals surface area (Å²) in [6.45, 7) is 2.00. The molecule has 0 radical (unpaired) electrons. The van der Waals surface area contributed by atoms with Crippen LogP contribution in [0.4, 0.5) is 0 Å². The molecule has 0 bridgehead atoms.